The number of methoxy groups -OCH3 is 2. The van der Waals surface area contributed by atoms with Crippen LogP contribution in [-0.4, -0.2) is 30.0 Å². The van der Waals surface area contributed by atoms with E-state index >= 15 is 0 Å². The van der Waals surface area contributed by atoms with E-state index in [1.54, 1.807) is 62.8 Å². The second-order valence-electron chi connectivity index (χ2n) is 7.02. The Morgan fingerprint density at radius 3 is 2.42 bits per heavy atom. The van der Waals surface area contributed by atoms with Gasteiger partial charge in [0.1, 0.15) is 18.0 Å². The molecule has 1 N–H and O–H groups in total. The number of anilines is 2. The van der Waals surface area contributed by atoms with E-state index in [1.807, 2.05) is 0 Å². The second kappa shape index (κ2) is 9.67. The Kier molecular flexibility index (Phi) is 6.51. The SMILES string of the molecule is COc1cc2ncnc(Nc3ccc(C(=O)/C=C/c4ccc(Cl)c(F)c4)cc3)c2cc1OC. The van der Waals surface area contributed by atoms with Gasteiger partial charge in [-0.05, 0) is 54.1 Å². The van der Waals surface area contributed by atoms with E-state index in [4.69, 9.17) is 21.1 Å². The van der Waals surface area contributed by atoms with Crippen LogP contribution < -0.4 is 14.8 Å². The van der Waals surface area contributed by atoms with Crippen LogP contribution in [-0.2, 0) is 0 Å². The first-order valence-electron chi connectivity index (χ1n) is 9.90. The van der Waals surface area contributed by atoms with Crippen LogP contribution in [0.4, 0.5) is 15.9 Å². The van der Waals surface area contributed by atoms with E-state index < -0.39 is 5.82 Å². The highest BCUT2D eigenvalue weighted by molar-refractivity contribution is 6.30. The summed E-state index contributed by atoms with van der Waals surface area (Å²) in [5.74, 6) is 0.990. The van der Waals surface area contributed by atoms with Crippen molar-refractivity contribution in [3.8, 4) is 11.5 Å². The van der Waals surface area contributed by atoms with Crippen LogP contribution >= 0.6 is 11.6 Å². The van der Waals surface area contributed by atoms with Crippen molar-refractivity contribution in [1.82, 2.24) is 9.97 Å². The monoisotopic (exact) mass is 463 g/mol. The number of hydrogen-bond donors (Lipinski definition) is 1. The van der Waals surface area contributed by atoms with Gasteiger partial charge in [-0.1, -0.05) is 23.7 Å². The average molecular weight is 464 g/mol. The molecule has 0 radical (unpaired) electrons. The highest BCUT2D eigenvalue weighted by Gasteiger charge is 2.11. The minimum Gasteiger partial charge on any atom is -0.493 e. The van der Waals surface area contributed by atoms with Gasteiger partial charge in [0.2, 0.25) is 0 Å². The van der Waals surface area contributed by atoms with Crippen molar-refractivity contribution in [2.45, 2.75) is 0 Å². The Morgan fingerprint density at radius 1 is 1.00 bits per heavy atom. The maximum atomic E-state index is 13.5. The topological polar surface area (TPSA) is 73.3 Å². The van der Waals surface area contributed by atoms with Crippen LogP contribution in [0.1, 0.15) is 15.9 Å². The van der Waals surface area contributed by atoms with Gasteiger partial charge in [0, 0.05) is 22.7 Å². The lowest BCUT2D eigenvalue weighted by molar-refractivity contribution is 0.104. The molecule has 4 rings (SSSR count). The van der Waals surface area contributed by atoms with Crippen molar-refractivity contribution >= 4 is 45.9 Å². The van der Waals surface area contributed by atoms with E-state index in [-0.39, 0.29) is 10.8 Å². The molecule has 0 bridgehead atoms. The zero-order valence-corrected chi connectivity index (χ0v) is 18.6. The van der Waals surface area contributed by atoms with Gasteiger partial charge in [-0.3, -0.25) is 4.79 Å². The molecule has 1 heterocycles. The molecular formula is C25H19ClFN3O3. The molecule has 4 aromatic rings. The number of hydrogen-bond acceptors (Lipinski definition) is 6. The summed E-state index contributed by atoms with van der Waals surface area (Å²) in [7, 11) is 3.13. The molecule has 0 saturated carbocycles. The van der Waals surface area contributed by atoms with Crippen LogP contribution in [0.15, 0.2) is 67.0 Å². The maximum absolute atomic E-state index is 13.5. The molecule has 0 aliphatic heterocycles. The lowest BCUT2D eigenvalue weighted by Gasteiger charge is -2.12. The Labute approximate surface area is 194 Å². The molecule has 0 unspecified atom stereocenters. The van der Waals surface area contributed by atoms with Crippen molar-refractivity contribution in [2.24, 2.45) is 0 Å². The smallest absolute Gasteiger partial charge is 0.185 e. The quantitative estimate of drug-likeness (QED) is 0.264. The molecule has 3 aromatic carbocycles. The largest absolute Gasteiger partial charge is 0.493 e. The maximum Gasteiger partial charge on any atom is 0.185 e. The summed E-state index contributed by atoms with van der Waals surface area (Å²) in [4.78, 5) is 21.1. The van der Waals surface area contributed by atoms with Gasteiger partial charge in [0.25, 0.3) is 0 Å². The number of halogens is 2. The van der Waals surface area contributed by atoms with Crippen LogP contribution in [0.25, 0.3) is 17.0 Å². The predicted molar refractivity (Wildman–Crippen MR) is 127 cm³/mol. The van der Waals surface area contributed by atoms with Crippen molar-refractivity contribution in [3.63, 3.8) is 0 Å². The number of carbonyl (C=O) groups is 1. The van der Waals surface area contributed by atoms with Gasteiger partial charge in [-0.2, -0.15) is 0 Å². The Hall–Kier alpha value is -3.97. The second-order valence-corrected chi connectivity index (χ2v) is 7.43. The first-order valence-corrected chi connectivity index (χ1v) is 10.3. The molecular weight excluding hydrogens is 445 g/mol. The fourth-order valence-corrected chi connectivity index (χ4v) is 3.34. The summed E-state index contributed by atoms with van der Waals surface area (Å²) < 4.78 is 24.3. The number of ether oxygens (including phenoxy) is 2. The van der Waals surface area contributed by atoms with Crippen LogP contribution in [0.2, 0.25) is 5.02 Å². The molecule has 166 valence electrons. The van der Waals surface area contributed by atoms with Gasteiger partial charge < -0.3 is 14.8 Å². The lowest BCUT2D eigenvalue weighted by Crippen LogP contribution is -1.99. The number of rotatable bonds is 7. The van der Waals surface area contributed by atoms with Crippen LogP contribution in [0, 0.1) is 5.82 Å². The van der Waals surface area contributed by atoms with Crippen LogP contribution in [0.3, 0.4) is 0 Å². The van der Waals surface area contributed by atoms with Gasteiger partial charge in [-0.15, -0.1) is 0 Å². The third kappa shape index (κ3) is 4.94. The molecule has 0 atom stereocenters. The molecule has 0 spiro atoms. The minimum absolute atomic E-state index is 0.0376. The molecule has 6 nitrogen and oxygen atoms in total. The number of nitrogens with one attached hydrogen (secondary N) is 1. The van der Waals surface area contributed by atoms with Crippen molar-refractivity contribution in [1.29, 1.82) is 0 Å². The first kappa shape index (κ1) is 22.2. The number of aromatic nitrogens is 2. The number of carbonyl (C=O) groups excluding carboxylic acids is 1. The molecule has 0 fully saturated rings. The van der Waals surface area contributed by atoms with E-state index in [2.05, 4.69) is 15.3 Å². The summed E-state index contributed by atoms with van der Waals surface area (Å²) in [6, 6.07) is 14.9. The number of fused-ring (bicyclic) bond motifs is 1. The van der Waals surface area contributed by atoms with E-state index in [1.165, 1.54) is 24.5 Å². The Bertz CT molecular complexity index is 1360. The highest BCUT2D eigenvalue weighted by Crippen LogP contribution is 2.34. The normalized spacial score (nSPS) is 11.0. The molecule has 0 amide bonds. The molecule has 0 aliphatic rings. The first-order chi connectivity index (χ1) is 16.0. The summed E-state index contributed by atoms with van der Waals surface area (Å²) in [6.07, 6.45) is 4.39. The summed E-state index contributed by atoms with van der Waals surface area (Å²) >= 11 is 5.68. The zero-order chi connectivity index (χ0) is 23.4. The molecule has 8 heteroatoms. The predicted octanol–water partition coefficient (Wildman–Crippen LogP) is 6.08. The van der Waals surface area contributed by atoms with Gasteiger partial charge in [-0.25, -0.2) is 14.4 Å². The summed E-state index contributed by atoms with van der Waals surface area (Å²) in [6.45, 7) is 0. The van der Waals surface area contributed by atoms with Gasteiger partial charge in [0.15, 0.2) is 17.3 Å². The van der Waals surface area contributed by atoms with Gasteiger partial charge in [0.05, 0.1) is 24.8 Å². The van der Waals surface area contributed by atoms with Crippen molar-refractivity contribution < 1.29 is 18.7 Å². The number of ketones is 1. The fraction of sp³-hybridized carbons (Fsp3) is 0.0800. The highest BCUT2D eigenvalue weighted by atomic mass is 35.5. The molecule has 0 aliphatic carbocycles. The zero-order valence-electron chi connectivity index (χ0n) is 17.8. The van der Waals surface area contributed by atoms with E-state index in [0.717, 1.165) is 11.1 Å². The third-order valence-electron chi connectivity index (χ3n) is 4.94. The third-order valence-corrected chi connectivity index (χ3v) is 5.25. The number of allylic oxidation sites excluding steroid dienone is 1. The van der Waals surface area contributed by atoms with Gasteiger partial charge >= 0.3 is 0 Å². The summed E-state index contributed by atoms with van der Waals surface area (Å²) in [5, 5.41) is 4.04. The average Bonchev–Trinajstić information content (AvgIpc) is 2.84. The Balaban J connectivity index is 1.53. The minimum atomic E-state index is -0.532. The van der Waals surface area contributed by atoms with Crippen molar-refractivity contribution in [3.05, 3.63) is 89.0 Å². The summed E-state index contributed by atoms with van der Waals surface area (Å²) in [5.41, 5.74) is 2.47. The van der Waals surface area contributed by atoms with Crippen molar-refractivity contribution in [2.75, 3.05) is 19.5 Å². The standard InChI is InChI=1S/C25H19ClFN3O3/c1-32-23-12-18-21(13-24(23)33-2)28-14-29-25(18)30-17-7-5-16(6-8-17)22(31)10-4-15-3-9-19(26)20(27)11-15/h3-14H,1-2H3,(H,28,29,30)/b10-4+. The van der Waals surface area contributed by atoms with E-state index in [9.17, 15) is 9.18 Å². The fourth-order valence-electron chi connectivity index (χ4n) is 3.22. The Morgan fingerprint density at radius 2 is 1.73 bits per heavy atom. The van der Waals surface area contributed by atoms with Crippen LogP contribution in [0.5, 0.6) is 11.5 Å². The van der Waals surface area contributed by atoms with E-state index in [0.29, 0.717) is 34.0 Å². The number of benzene rings is 3. The molecule has 0 saturated heterocycles. The number of nitrogens with zero attached hydrogens (tertiary/aromatic N) is 2. The molecule has 33 heavy (non-hydrogen) atoms. The molecule has 1 aromatic heterocycles. The lowest BCUT2D eigenvalue weighted by atomic mass is 10.1.